The molecule has 1 heterocycles. The molecule has 1 aliphatic rings. The molecule has 0 saturated carbocycles. The number of benzene rings is 2. The van der Waals surface area contributed by atoms with E-state index in [1.54, 1.807) is 29.2 Å². The Labute approximate surface area is 180 Å². The molecule has 0 unspecified atom stereocenters. The summed E-state index contributed by atoms with van der Waals surface area (Å²) in [4.78, 5) is 27.3. The molecule has 1 saturated heterocycles. The summed E-state index contributed by atoms with van der Waals surface area (Å²) in [5.41, 5.74) is 1.24. The van der Waals surface area contributed by atoms with Gasteiger partial charge in [0, 0.05) is 20.1 Å². The number of anilines is 2. The van der Waals surface area contributed by atoms with Crippen molar-refractivity contribution in [3.63, 3.8) is 0 Å². The third kappa shape index (κ3) is 4.92. The molecule has 0 aromatic heterocycles. The average Bonchev–Trinajstić information content (AvgIpc) is 2.73. The first-order chi connectivity index (χ1) is 14.2. The van der Waals surface area contributed by atoms with Crippen LogP contribution in [0.5, 0.6) is 0 Å². The van der Waals surface area contributed by atoms with Gasteiger partial charge >= 0.3 is 0 Å². The van der Waals surface area contributed by atoms with E-state index in [4.69, 9.17) is 16.3 Å². The van der Waals surface area contributed by atoms with Crippen LogP contribution in [-0.4, -0.2) is 64.7 Å². The number of sulfonamides is 1. The zero-order chi connectivity index (χ0) is 21.9. The Bertz CT molecular complexity index is 1070. The van der Waals surface area contributed by atoms with Crippen molar-refractivity contribution in [1.29, 1.82) is 0 Å². The second-order valence-electron chi connectivity index (χ2n) is 6.80. The first-order valence-electron chi connectivity index (χ1n) is 9.19. The Kier molecular flexibility index (Phi) is 6.64. The largest absolute Gasteiger partial charge is 0.378 e. The highest BCUT2D eigenvalue weighted by Crippen LogP contribution is 2.26. The average molecular weight is 452 g/mol. The van der Waals surface area contributed by atoms with Crippen molar-refractivity contribution in [3.05, 3.63) is 58.6 Å². The predicted molar refractivity (Wildman–Crippen MR) is 116 cm³/mol. The molecule has 8 nitrogen and oxygen atoms in total. The highest BCUT2D eigenvalue weighted by molar-refractivity contribution is 7.92. The van der Waals surface area contributed by atoms with Crippen molar-refractivity contribution >= 4 is 44.8 Å². The van der Waals surface area contributed by atoms with Gasteiger partial charge in [0.25, 0.3) is 11.8 Å². The molecule has 1 fully saturated rings. The molecule has 0 radical (unpaired) electrons. The lowest BCUT2D eigenvalue weighted by Gasteiger charge is -2.27. The Balaban J connectivity index is 1.82. The molecule has 3 rings (SSSR count). The monoisotopic (exact) mass is 451 g/mol. The van der Waals surface area contributed by atoms with Crippen LogP contribution in [0, 0.1) is 0 Å². The topological polar surface area (TPSA) is 96.0 Å². The Morgan fingerprint density at radius 1 is 1.10 bits per heavy atom. The zero-order valence-electron chi connectivity index (χ0n) is 16.6. The van der Waals surface area contributed by atoms with Crippen molar-refractivity contribution in [2.24, 2.45) is 0 Å². The van der Waals surface area contributed by atoms with Gasteiger partial charge in [-0.15, -0.1) is 0 Å². The van der Waals surface area contributed by atoms with E-state index in [1.165, 1.54) is 25.2 Å². The Hall–Kier alpha value is -2.62. The number of carbonyl (C=O) groups is 2. The molecule has 30 heavy (non-hydrogen) atoms. The summed E-state index contributed by atoms with van der Waals surface area (Å²) < 4.78 is 29.7. The van der Waals surface area contributed by atoms with E-state index in [0.717, 1.165) is 10.6 Å². The molecule has 2 aromatic carbocycles. The molecule has 0 atom stereocenters. The number of carbonyl (C=O) groups excluding carboxylic acids is 2. The van der Waals surface area contributed by atoms with Crippen molar-refractivity contribution in [3.8, 4) is 0 Å². The maximum Gasteiger partial charge on any atom is 0.257 e. The molecule has 0 bridgehead atoms. The second-order valence-corrected chi connectivity index (χ2v) is 9.22. The minimum atomic E-state index is -3.46. The summed E-state index contributed by atoms with van der Waals surface area (Å²) in [5.74, 6) is -0.693. The normalized spacial score (nSPS) is 14.3. The lowest BCUT2D eigenvalue weighted by molar-refractivity contribution is 0.0303. The predicted octanol–water partition coefficient (Wildman–Crippen LogP) is 2.46. The van der Waals surface area contributed by atoms with E-state index in [1.807, 2.05) is 0 Å². The first-order valence-corrected chi connectivity index (χ1v) is 11.4. The minimum absolute atomic E-state index is 0.0949. The molecule has 1 aliphatic heterocycles. The molecule has 1 N–H and O–H groups in total. The van der Waals surface area contributed by atoms with Crippen molar-refractivity contribution in [2.75, 3.05) is 49.2 Å². The van der Waals surface area contributed by atoms with Crippen molar-refractivity contribution in [1.82, 2.24) is 4.90 Å². The second kappa shape index (κ2) is 9.03. The summed E-state index contributed by atoms with van der Waals surface area (Å²) in [6.07, 6.45) is 1.07. The van der Waals surface area contributed by atoms with Crippen LogP contribution in [0.1, 0.15) is 20.7 Å². The van der Waals surface area contributed by atoms with Crippen LogP contribution in [0.2, 0.25) is 5.02 Å². The van der Waals surface area contributed by atoms with Gasteiger partial charge in [-0.1, -0.05) is 23.7 Å². The molecule has 0 aliphatic carbocycles. The third-order valence-corrected chi connectivity index (χ3v) is 6.28. The molecular formula is C20H22ClN3O5S. The van der Waals surface area contributed by atoms with Gasteiger partial charge in [0.05, 0.1) is 47.0 Å². The summed E-state index contributed by atoms with van der Waals surface area (Å²) in [6, 6.07) is 11.1. The summed E-state index contributed by atoms with van der Waals surface area (Å²) in [5, 5.41) is 2.83. The fourth-order valence-corrected chi connectivity index (χ4v) is 3.74. The molecule has 0 spiro atoms. The molecule has 2 aromatic rings. The van der Waals surface area contributed by atoms with Crippen LogP contribution in [0.4, 0.5) is 11.4 Å². The third-order valence-electron chi connectivity index (χ3n) is 4.76. The number of hydrogen-bond donors (Lipinski definition) is 1. The van der Waals surface area contributed by atoms with Gasteiger partial charge in [0.15, 0.2) is 0 Å². The van der Waals surface area contributed by atoms with Gasteiger partial charge in [0.2, 0.25) is 10.0 Å². The van der Waals surface area contributed by atoms with Crippen molar-refractivity contribution < 1.29 is 22.7 Å². The van der Waals surface area contributed by atoms with Crippen LogP contribution in [0.15, 0.2) is 42.5 Å². The van der Waals surface area contributed by atoms with E-state index in [2.05, 4.69) is 5.32 Å². The smallest absolute Gasteiger partial charge is 0.257 e. The van der Waals surface area contributed by atoms with E-state index in [0.29, 0.717) is 43.2 Å². The van der Waals surface area contributed by atoms with Crippen LogP contribution in [0.25, 0.3) is 0 Å². The quantitative estimate of drug-likeness (QED) is 0.753. The molecular weight excluding hydrogens is 430 g/mol. The number of para-hydroxylation sites is 1. The van der Waals surface area contributed by atoms with Crippen LogP contribution in [-0.2, 0) is 14.8 Å². The van der Waals surface area contributed by atoms with Crippen LogP contribution < -0.4 is 9.62 Å². The standard InChI is InChI=1S/C20H22ClN3O5S/c1-23(30(2,27)28)14-7-8-15(17(21)13-14)19(25)22-18-6-4-3-5-16(18)20(26)24-9-11-29-12-10-24/h3-8,13H,9-12H2,1-2H3,(H,22,25). The number of morpholine rings is 1. The van der Waals surface area contributed by atoms with Gasteiger partial charge in [-0.2, -0.15) is 0 Å². The van der Waals surface area contributed by atoms with Gasteiger partial charge < -0.3 is 15.0 Å². The number of halogens is 1. The fraction of sp³-hybridized carbons (Fsp3) is 0.300. The van der Waals surface area contributed by atoms with Gasteiger partial charge in [-0.25, -0.2) is 8.42 Å². The van der Waals surface area contributed by atoms with E-state index >= 15 is 0 Å². The highest BCUT2D eigenvalue weighted by atomic mass is 35.5. The number of amides is 2. The SMILES string of the molecule is CN(c1ccc(C(=O)Nc2ccccc2C(=O)N2CCOCC2)c(Cl)c1)S(C)(=O)=O. The van der Waals surface area contributed by atoms with Crippen LogP contribution >= 0.6 is 11.6 Å². The van der Waals surface area contributed by atoms with Crippen LogP contribution in [0.3, 0.4) is 0 Å². The number of hydrogen-bond acceptors (Lipinski definition) is 5. The van der Waals surface area contributed by atoms with E-state index in [-0.39, 0.29) is 16.5 Å². The summed E-state index contributed by atoms with van der Waals surface area (Å²) in [6.45, 7) is 1.93. The lowest BCUT2D eigenvalue weighted by atomic mass is 10.1. The fourth-order valence-electron chi connectivity index (χ4n) is 2.98. The Morgan fingerprint density at radius 3 is 2.40 bits per heavy atom. The molecule has 2 amide bonds. The van der Waals surface area contributed by atoms with Gasteiger partial charge in [0.1, 0.15) is 0 Å². The lowest BCUT2D eigenvalue weighted by Crippen LogP contribution is -2.41. The van der Waals surface area contributed by atoms with Gasteiger partial charge in [-0.3, -0.25) is 13.9 Å². The van der Waals surface area contributed by atoms with E-state index in [9.17, 15) is 18.0 Å². The summed E-state index contributed by atoms with van der Waals surface area (Å²) in [7, 11) is -2.06. The number of nitrogens with zero attached hydrogens (tertiary/aromatic N) is 2. The summed E-state index contributed by atoms with van der Waals surface area (Å²) >= 11 is 6.24. The van der Waals surface area contributed by atoms with Gasteiger partial charge in [-0.05, 0) is 30.3 Å². The molecule has 10 heteroatoms. The number of rotatable bonds is 5. The Morgan fingerprint density at radius 2 is 1.77 bits per heavy atom. The number of nitrogens with one attached hydrogen (secondary N) is 1. The first kappa shape index (κ1) is 22.1. The maximum atomic E-state index is 12.8. The highest BCUT2D eigenvalue weighted by Gasteiger charge is 2.22. The number of ether oxygens (including phenoxy) is 1. The minimum Gasteiger partial charge on any atom is -0.378 e. The zero-order valence-corrected chi connectivity index (χ0v) is 18.2. The van der Waals surface area contributed by atoms with Crippen molar-refractivity contribution in [2.45, 2.75) is 0 Å². The maximum absolute atomic E-state index is 12.8. The molecule has 160 valence electrons. The van der Waals surface area contributed by atoms with E-state index < -0.39 is 15.9 Å².